The van der Waals surface area contributed by atoms with E-state index in [1.165, 1.54) is 12.1 Å². The van der Waals surface area contributed by atoms with Crippen LogP contribution < -0.4 is 0 Å². The van der Waals surface area contributed by atoms with Gasteiger partial charge < -0.3 is 9.63 Å². The Bertz CT molecular complexity index is 687. The van der Waals surface area contributed by atoms with E-state index in [0.717, 1.165) is 24.9 Å². The van der Waals surface area contributed by atoms with Crippen LogP contribution in [-0.4, -0.2) is 39.2 Å². The van der Waals surface area contributed by atoms with Crippen molar-refractivity contribution in [3.63, 3.8) is 0 Å². The van der Waals surface area contributed by atoms with Crippen LogP contribution in [0.2, 0.25) is 0 Å². The van der Waals surface area contributed by atoms with Crippen LogP contribution >= 0.6 is 0 Å². The SMILES string of the molecule is O=C(O)CCCN1CCCC1c1nc(Cc2ccc(F)cc2)no1. The molecule has 1 aliphatic rings. The molecule has 1 aromatic carbocycles. The maximum atomic E-state index is 12.9. The van der Waals surface area contributed by atoms with Crippen molar-refractivity contribution in [1.82, 2.24) is 15.0 Å². The van der Waals surface area contributed by atoms with E-state index in [1.807, 2.05) is 0 Å². The zero-order valence-corrected chi connectivity index (χ0v) is 13.3. The van der Waals surface area contributed by atoms with E-state index in [1.54, 1.807) is 12.1 Å². The first-order valence-corrected chi connectivity index (χ1v) is 8.14. The first kappa shape index (κ1) is 16.6. The summed E-state index contributed by atoms with van der Waals surface area (Å²) in [5, 5.41) is 12.8. The Morgan fingerprint density at radius 3 is 2.92 bits per heavy atom. The molecule has 1 aliphatic heterocycles. The lowest BCUT2D eigenvalue weighted by Gasteiger charge is -2.20. The molecule has 0 amide bonds. The molecule has 0 spiro atoms. The monoisotopic (exact) mass is 333 g/mol. The van der Waals surface area contributed by atoms with Crippen molar-refractivity contribution in [1.29, 1.82) is 0 Å². The number of aromatic nitrogens is 2. The number of benzene rings is 1. The molecule has 1 aromatic heterocycles. The van der Waals surface area contributed by atoms with Crippen LogP contribution in [-0.2, 0) is 11.2 Å². The highest BCUT2D eigenvalue weighted by Gasteiger charge is 2.30. The Morgan fingerprint density at radius 2 is 2.17 bits per heavy atom. The van der Waals surface area contributed by atoms with Crippen molar-refractivity contribution in [3.8, 4) is 0 Å². The molecular formula is C17H20FN3O3. The molecule has 1 atom stereocenters. The number of nitrogens with zero attached hydrogens (tertiary/aromatic N) is 3. The minimum atomic E-state index is -0.773. The molecule has 24 heavy (non-hydrogen) atoms. The molecule has 7 heteroatoms. The van der Waals surface area contributed by atoms with Gasteiger partial charge in [-0.15, -0.1) is 0 Å². The molecule has 0 saturated carbocycles. The number of likely N-dealkylation sites (tertiary alicyclic amines) is 1. The predicted molar refractivity (Wildman–Crippen MR) is 83.9 cm³/mol. The van der Waals surface area contributed by atoms with Gasteiger partial charge in [-0.05, 0) is 50.0 Å². The summed E-state index contributed by atoms with van der Waals surface area (Å²) < 4.78 is 18.3. The average molecular weight is 333 g/mol. The van der Waals surface area contributed by atoms with E-state index in [2.05, 4.69) is 15.0 Å². The first-order valence-electron chi connectivity index (χ1n) is 8.14. The molecule has 6 nitrogen and oxygen atoms in total. The Kier molecular flexibility index (Phi) is 5.20. The van der Waals surface area contributed by atoms with Gasteiger partial charge in [0.25, 0.3) is 0 Å². The fourth-order valence-electron chi connectivity index (χ4n) is 3.07. The molecular weight excluding hydrogens is 313 g/mol. The van der Waals surface area contributed by atoms with Gasteiger partial charge in [-0.2, -0.15) is 4.98 Å². The van der Waals surface area contributed by atoms with E-state index in [9.17, 15) is 9.18 Å². The minimum Gasteiger partial charge on any atom is -0.481 e. The quantitative estimate of drug-likeness (QED) is 0.839. The van der Waals surface area contributed by atoms with Crippen LogP contribution in [0.3, 0.4) is 0 Å². The van der Waals surface area contributed by atoms with Crippen LogP contribution in [0, 0.1) is 5.82 Å². The van der Waals surface area contributed by atoms with Crippen LogP contribution in [0.4, 0.5) is 4.39 Å². The second-order valence-electron chi connectivity index (χ2n) is 6.04. The summed E-state index contributed by atoms with van der Waals surface area (Å²) >= 11 is 0. The molecule has 1 fully saturated rings. The third-order valence-electron chi connectivity index (χ3n) is 4.24. The Morgan fingerprint density at radius 1 is 1.38 bits per heavy atom. The molecule has 3 rings (SSSR count). The molecule has 1 saturated heterocycles. The summed E-state index contributed by atoms with van der Waals surface area (Å²) in [5.41, 5.74) is 0.925. The maximum Gasteiger partial charge on any atom is 0.303 e. The molecule has 128 valence electrons. The second-order valence-corrected chi connectivity index (χ2v) is 6.04. The van der Waals surface area contributed by atoms with Gasteiger partial charge in [0.15, 0.2) is 5.82 Å². The Hall–Kier alpha value is -2.28. The Balaban J connectivity index is 1.61. The summed E-state index contributed by atoms with van der Waals surface area (Å²) in [4.78, 5) is 17.3. The zero-order chi connectivity index (χ0) is 16.9. The van der Waals surface area contributed by atoms with Crippen LogP contribution in [0.1, 0.15) is 49.0 Å². The fraction of sp³-hybridized carbons (Fsp3) is 0.471. The smallest absolute Gasteiger partial charge is 0.303 e. The number of carbonyl (C=O) groups is 1. The van der Waals surface area contributed by atoms with Crippen molar-refractivity contribution >= 4 is 5.97 Å². The van der Waals surface area contributed by atoms with Gasteiger partial charge in [-0.1, -0.05) is 17.3 Å². The average Bonchev–Trinajstić information content (AvgIpc) is 3.18. The number of hydrogen-bond acceptors (Lipinski definition) is 5. The first-order chi connectivity index (χ1) is 11.6. The number of carboxylic acids is 1. The maximum absolute atomic E-state index is 12.9. The van der Waals surface area contributed by atoms with E-state index >= 15 is 0 Å². The van der Waals surface area contributed by atoms with Gasteiger partial charge in [-0.3, -0.25) is 9.69 Å². The Labute approximate surface area is 139 Å². The molecule has 1 unspecified atom stereocenters. The third kappa shape index (κ3) is 4.17. The normalized spacial score (nSPS) is 18.1. The predicted octanol–water partition coefficient (Wildman–Crippen LogP) is 2.80. The number of hydrogen-bond donors (Lipinski definition) is 1. The van der Waals surface area contributed by atoms with Crippen molar-refractivity contribution in [2.75, 3.05) is 13.1 Å². The second kappa shape index (κ2) is 7.53. The number of carboxylic acid groups (broad SMARTS) is 1. The van der Waals surface area contributed by atoms with Crippen LogP contribution in [0.15, 0.2) is 28.8 Å². The van der Waals surface area contributed by atoms with Gasteiger partial charge in [0.1, 0.15) is 5.82 Å². The van der Waals surface area contributed by atoms with Crippen molar-refractivity contribution in [3.05, 3.63) is 47.4 Å². The summed E-state index contributed by atoms with van der Waals surface area (Å²) in [7, 11) is 0. The lowest BCUT2D eigenvalue weighted by molar-refractivity contribution is -0.137. The van der Waals surface area contributed by atoms with Gasteiger partial charge in [0, 0.05) is 12.8 Å². The van der Waals surface area contributed by atoms with Crippen LogP contribution in [0.5, 0.6) is 0 Å². The summed E-state index contributed by atoms with van der Waals surface area (Å²) in [6.07, 6.45) is 3.25. The van der Waals surface area contributed by atoms with Crippen molar-refractivity contribution in [2.24, 2.45) is 0 Å². The highest BCUT2D eigenvalue weighted by atomic mass is 19.1. The molecule has 1 N–H and O–H groups in total. The van der Waals surface area contributed by atoms with E-state index < -0.39 is 5.97 Å². The summed E-state index contributed by atoms with van der Waals surface area (Å²) in [6, 6.07) is 6.31. The lowest BCUT2D eigenvalue weighted by Crippen LogP contribution is -2.25. The fourth-order valence-corrected chi connectivity index (χ4v) is 3.07. The molecule has 2 aromatic rings. The third-order valence-corrected chi connectivity index (χ3v) is 4.24. The van der Waals surface area contributed by atoms with Crippen LogP contribution in [0.25, 0.3) is 0 Å². The number of halogens is 1. The minimum absolute atomic E-state index is 0.0632. The zero-order valence-electron chi connectivity index (χ0n) is 13.3. The number of rotatable bonds is 7. The highest BCUT2D eigenvalue weighted by Crippen LogP contribution is 2.31. The summed E-state index contributed by atoms with van der Waals surface area (Å²) in [5.74, 6) is 0.120. The van der Waals surface area contributed by atoms with E-state index in [-0.39, 0.29) is 18.3 Å². The molecule has 0 radical (unpaired) electrons. The van der Waals surface area contributed by atoms with E-state index in [0.29, 0.717) is 31.1 Å². The van der Waals surface area contributed by atoms with Gasteiger partial charge in [-0.25, -0.2) is 4.39 Å². The summed E-state index contributed by atoms with van der Waals surface area (Å²) in [6.45, 7) is 1.63. The molecule has 2 heterocycles. The van der Waals surface area contributed by atoms with E-state index in [4.69, 9.17) is 9.63 Å². The topological polar surface area (TPSA) is 79.5 Å². The van der Waals surface area contributed by atoms with Gasteiger partial charge in [0.2, 0.25) is 5.89 Å². The highest BCUT2D eigenvalue weighted by molar-refractivity contribution is 5.66. The van der Waals surface area contributed by atoms with Crippen molar-refractivity contribution < 1.29 is 18.8 Å². The van der Waals surface area contributed by atoms with Crippen molar-refractivity contribution in [2.45, 2.75) is 38.1 Å². The molecule has 0 bridgehead atoms. The molecule has 0 aliphatic carbocycles. The standard InChI is InChI=1S/C17H20FN3O3/c18-13-7-5-12(6-8-13)11-15-19-17(24-20-15)14-3-1-9-21(14)10-2-4-16(22)23/h5-8,14H,1-4,9-11H2,(H,22,23). The largest absolute Gasteiger partial charge is 0.481 e. The van der Waals surface area contributed by atoms with Gasteiger partial charge >= 0.3 is 5.97 Å². The van der Waals surface area contributed by atoms with Gasteiger partial charge in [0.05, 0.1) is 6.04 Å². The lowest BCUT2D eigenvalue weighted by atomic mass is 10.1. The number of aliphatic carboxylic acids is 1.